The Morgan fingerprint density at radius 1 is 0.950 bits per heavy atom. The SMILES string of the molecule is CCC(=O)O.CCCOCCOCCOCC(=O)NC. The van der Waals surface area contributed by atoms with E-state index in [-0.39, 0.29) is 18.9 Å². The summed E-state index contributed by atoms with van der Waals surface area (Å²) in [6.45, 7) is 6.64. The van der Waals surface area contributed by atoms with E-state index in [0.717, 1.165) is 13.0 Å². The number of nitrogens with one attached hydrogen (secondary N) is 1. The number of carboxylic acids is 1. The molecular weight excluding hydrogens is 266 g/mol. The number of hydrogen-bond donors (Lipinski definition) is 2. The van der Waals surface area contributed by atoms with Crippen LogP contribution in [0.15, 0.2) is 0 Å². The maximum atomic E-state index is 10.7. The van der Waals surface area contributed by atoms with E-state index in [2.05, 4.69) is 12.2 Å². The first kappa shape index (κ1) is 21.1. The van der Waals surface area contributed by atoms with E-state index in [1.807, 2.05) is 0 Å². The number of ether oxygens (including phenoxy) is 3. The van der Waals surface area contributed by atoms with Gasteiger partial charge in [-0.3, -0.25) is 9.59 Å². The minimum Gasteiger partial charge on any atom is -0.481 e. The molecule has 0 rings (SSSR count). The predicted molar refractivity (Wildman–Crippen MR) is 74.7 cm³/mol. The van der Waals surface area contributed by atoms with Crippen LogP contribution in [0.3, 0.4) is 0 Å². The first-order chi connectivity index (χ1) is 9.58. The zero-order chi connectivity index (χ0) is 15.6. The van der Waals surface area contributed by atoms with Crippen molar-refractivity contribution in [3.63, 3.8) is 0 Å². The second-order valence-electron chi connectivity index (χ2n) is 3.70. The van der Waals surface area contributed by atoms with Gasteiger partial charge in [0.2, 0.25) is 5.91 Å². The van der Waals surface area contributed by atoms with Crippen LogP contribution >= 0.6 is 0 Å². The Balaban J connectivity index is 0. The molecule has 7 heteroatoms. The Hall–Kier alpha value is -1.18. The molecule has 0 radical (unpaired) electrons. The highest BCUT2D eigenvalue weighted by molar-refractivity contribution is 5.76. The number of rotatable bonds is 11. The van der Waals surface area contributed by atoms with Crippen molar-refractivity contribution < 1.29 is 28.9 Å². The van der Waals surface area contributed by atoms with E-state index in [1.165, 1.54) is 0 Å². The van der Waals surface area contributed by atoms with Crippen LogP contribution in [0.1, 0.15) is 26.7 Å². The largest absolute Gasteiger partial charge is 0.481 e. The third kappa shape index (κ3) is 22.0. The van der Waals surface area contributed by atoms with Gasteiger partial charge < -0.3 is 24.6 Å². The first-order valence-electron chi connectivity index (χ1n) is 6.74. The Morgan fingerprint density at radius 3 is 1.80 bits per heavy atom. The van der Waals surface area contributed by atoms with Gasteiger partial charge in [0.25, 0.3) is 0 Å². The third-order valence-corrected chi connectivity index (χ3v) is 1.91. The van der Waals surface area contributed by atoms with E-state index in [9.17, 15) is 9.59 Å². The molecule has 120 valence electrons. The van der Waals surface area contributed by atoms with Crippen molar-refractivity contribution in [2.45, 2.75) is 26.7 Å². The van der Waals surface area contributed by atoms with E-state index in [1.54, 1.807) is 14.0 Å². The van der Waals surface area contributed by atoms with Crippen molar-refractivity contribution in [2.24, 2.45) is 0 Å². The van der Waals surface area contributed by atoms with Crippen molar-refractivity contribution in [1.82, 2.24) is 5.32 Å². The summed E-state index contributed by atoms with van der Waals surface area (Å²) >= 11 is 0. The summed E-state index contributed by atoms with van der Waals surface area (Å²) in [5, 5.41) is 10.2. The lowest BCUT2D eigenvalue weighted by molar-refractivity contribution is -0.136. The molecule has 0 heterocycles. The van der Waals surface area contributed by atoms with E-state index in [0.29, 0.717) is 26.4 Å². The van der Waals surface area contributed by atoms with Gasteiger partial charge in [-0.1, -0.05) is 13.8 Å². The monoisotopic (exact) mass is 293 g/mol. The summed E-state index contributed by atoms with van der Waals surface area (Å²) in [5.74, 6) is -0.869. The highest BCUT2D eigenvalue weighted by atomic mass is 16.5. The van der Waals surface area contributed by atoms with Crippen molar-refractivity contribution in [1.29, 1.82) is 0 Å². The topological polar surface area (TPSA) is 94.1 Å². The maximum absolute atomic E-state index is 10.7. The second-order valence-corrected chi connectivity index (χ2v) is 3.70. The minimum atomic E-state index is -0.745. The number of likely N-dealkylation sites (N-methyl/N-ethyl adjacent to an activating group) is 1. The summed E-state index contributed by atoms with van der Waals surface area (Å²) in [4.78, 5) is 20.1. The average Bonchev–Trinajstić information content (AvgIpc) is 2.45. The third-order valence-electron chi connectivity index (χ3n) is 1.91. The number of amides is 1. The maximum Gasteiger partial charge on any atom is 0.303 e. The Bertz CT molecular complexity index is 235. The van der Waals surface area contributed by atoms with Gasteiger partial charge in [-0.2, -0.15) is 0 Å². The molecule has 0 aromatic heterocycles. The Kier molecular flexibility index (Phi) is 18.8. The van der Waals surface area contributed by atoms with E-state index >= 15 is 0 Å². The lowest BCUT2D eigenvalue weighted by Crippen LogP contribution is -2.24. The molecule has 0 aromatic rings. The Morgan fingerprint density at radius 2 is 1.40 bits per heavy atom. The standard InChI is InChI=1S/C10H21NO4.C3H6O2/c1-3-4-13-5-6-14-7-8-15-9-10(12)11-2;1-2-3(4)5/h3-9H2,1-2H3,(H,11,12);2H2,1H3,(H,4,5). The van der Waals surface area contributed by atoms with Crippen molar-refractivity contribution >= 4 is 11.9 Å². The van der Waals surface area contributed by atoms with Gasteiger partial charge in [-0.25, -0.2) is 0 Å². The summed E-state index contributed by atoms with van der Waals surface area (Å²) in [6, 6.07) is 0. The molecule has 0 atom stereocenters. The number of carbonyl (C=O) groups excluding carboxylic acids is 1. The van der Waals surface area contributed by atoms with Crippen LogP contribution in [0.25, 0.3) is 0 Å². The number of aliphatic carboxylic acids is 1. The molecule has 0 saturated carbocycles. The lowest BCUT2D eigenvalue weighted by Gasteiger charge is -2.05. The van der Waals surface area contributed by atoms with Gasteiger partial charge >= 0.3 is 5.97 Å². The van der Waals surface area contributed by atoms with Crippen molar-refractivity contribution in [3.05, 3.63) is 0 Å². The summed E-state index contributed by atoms with van der Waals surface area (Å²) < 4.78 is 15.5. The fraction of sp³-hybridized carbons (Fsp3) is 0.846. The fourth-order valence-electron chi connectivity index (χ4n) is 0.821. The van der Waals surface area contributed by atoms with Gasteiger partial charge in [0.15, 0.2) is 0 Å². The highest BCUT2D eigenvalue weighted by Crippen LogP contribution is 1.83. The summed E-state index contributed by atoms with van der Waals surface area (Å²) in [7, 11) is 1.58. The lowest BCUT2D eigenvalue weighted by atomic mass is 10.5. The molecule has 0 aliphatic rings. The number of carboxylic acid groups (broad SMARTS) is 1. The molecule has 0 bridgehead atoms. The average molecular weight is 293 g/mol. The number of hydrogen-bond acceptors (Lipinski definition) is 5. The molecule has 0 unspecified atom stereocenters. The summed E-state index contributed by atoms with van der Waals surface area (Å²) in [6.07, 6.45) is 1.25. The predicted octanol–water partition coefficient (Wildman–Crippen LogP) is 0.673. The van der Waals surface area contributed by atoms with Crippen LogP contribution in [0.4, 0.5) is 0 Å². The van der Waals surface area contributed by atoms with Gasteiger partial charge in [0.1, 0.15) is 6.61 Å². The molecule has 1 amide bonds. The van der Waals surface area contributed by atoms with Crippen molar-refractivity contribution in [3.8, 4) is 0 Å². The van der Waals surface area contributed by atoms with Gasteiger partial charge in [-0.15, -0.1) is 0 Å². The zero-order valence-corrected chi connectivity index (χ0v) is 12.6. The molecule has 0 spiro atoms. The molecule has 7 nitrogen and oxygen atoms in total. The van der Waals surface area contributed by atoms with Crippen molar-refractivity contribution in [2.75, 3.05) is 46.7 Å². The molecule has 0 saturated heterocycles. The van der Waals surface area contributed by atoms with Crippen LogP contribution in [0.5, 0.6) is 0 Å². The number of carbonyl (C=O) groups is 2. The smallest absolute Gasteiger partial charge is 0.303 e. The molecule has 2 N–H and O–H groups in total. The van der Waals surface area contributed by atoms with Crippen LogP contribution < -0.4 is 5.32 Å². The highest BCUT2D eigenvalue weighted by Gasteiger charge is 1.96. The molecule has 0 aliphatic heterocycles. The fourth-order valence-corrected chi connectivity index (χ4v) is 0.821. The van der Waals surface area contributed by atoms with Crippen LogP contribution in [-0.2, 0) is 23.8 Å². The molecule has 0 fully saturated rings. The quantitative estimate of drug-likeness (QED) is 0.544. The molecule has 0 aliphatic carbocycles. The zero-order valence-electron chi connectivity index (χ0n) is 12.6. The second kappa shape index (κ2) is 17.8. The first-order valence-corrected chi connectivity index (χ1v) is 6.74. The van der Waals surface area contributed by atoms with E-state index in [4.69, 9.17) is 19.3 Å². The van der Waals surface area contributed by atoms with Crippen LogP contribution in [0, 0.1) is 0 Å². The van der Waals surface area contributed by atoms with Gasteiger partial charge in [0, 0.05) is 20.1 Å². The van der Waals surface area contributed by atoms with Crippen LogP contribution in [0.2, 0.25) is 0 Å². The van der Waals surface area contributed by atoms with Crippen LogP contribution in [-0.4, -0.2) is 63.7 Å². The summed E-state index contributed by atoms with van der Waals surface area (Å²) in [5.41, 5.74) is 0. The van der Waals surface area contributed by atoms with Gasteiger partial charge in [0.05, 0.1) is 26.4 Å². The molecular formula is C13H27NO6. The Labute approximate surface area is 120 Å². The van der Waals surface area contributed by atoms with Gasteiger partial charge in [-0.05, 0) is 6.42 Å². The molecule has 0 aromatic carbocycles. The van der Waals surface area contributed by atoms with E-state index < -0.39 is 5.97 Å². The molecule has 20 heavy (non-hydrogen) atoms. The minimum absolute atomic E-state index is 0.0895. The normalized spacial score (nSPS) is 9.55.